The van der Waals surface area contributed by atoms with E-state index >= 15 is 0 Å². The predicted molar refractivity (Wildman–Crippen MR) is 138 cm³/mol. The van der Waals surface area contributed by atoms with Gasteiger partial charge in [0, 0.05) is 28.8 Å². The Bertz CT molecular complexity index is 1630. The van der Waals surface area contributed by atoms with Crippen LogP contribution in [0, 0.1) is 0 Å². The molecule has 1 aromatic heterocycles. The van der Waals surface area contributed by atoms with E-state index in [1.165, 1.54) is 6.07 Å². The van der Waals surface area contributed by atoms with Crippen molar-refractivity contribution < 1.29 is 23.0 Å². The smallest absolute Gasteiger partial charge is 0.387 e. The number of ether oxygens (including phenoxy) is 2. The van der Waals surface area contributed by atoms with Crippen LogP contribution < -0.4 is 14.8 Å². The minimum absolute atomic E-state index is 0.0764. The quantitative estimate of drug-likeness (QED) is 0.298. The average Bonchev–Trinajstić information content (AvgIpc) is 3.25. The summed E-state index contributed by atoms with van der Waals surface area (Å²) in [5.74, 6) is 0.609. The number of benzene rings is 4. The molecule has 0 radical (unpaired) electrons. The molecule has 0 aliphatic carbocycles. The Balaban J connectivity index is 1.35. The van der Waals surface area contributed by atoms with Crippen LogP contribution in [0.25, 0.3) is 21.7 Å². The first kappa shape index (κ1) is 23.2. The number of aromatic nitrogens is 1. The number of nitrogens with zero attached hydrogens (tertiary/aromatic N) is 1. The van der Waals surface area contributed by atoms with Crippen molar-refractivity contribution in [3.63, 3.8) is 0 Å². The molecule has 5 nitrogen and oxygen atoms in total. The summed E-state index contributed by atoms with van der Waals surface area (Å²) in [7, 11) is 0. The molecule has 0 amide bonds. The molecule has 4 aromatic carbocycles. The SMILES string of the molecule is O=C(c1ccc2ccccc2c1)n1c2c(c3cc(OCc4ccccc4OC(F)F)ccc31)CCNC2. The second-order valence-electron chi connectivity index (χ2n) is 9.01. The maximum Gasteiger partial charge on any atom is 0.387 e. The van der Waals surface area contributed by atoms with E-state index < -0.39 is 6.61 Å². The zero-order valence-electron chi connectivity index (χ0n) is 19.9. The molecule has 0 spiro atoms. The summed E-state index contributed by atoms with van der Waals surface area (Å²) in [6.07, 6.45) is 0.790. The normalized spacial score (nSPS) is 13.2. The molecule has 186 valence electrons. The Labute approximate surface area is 212 Å². The lowest BCUT2D eigenvalue weighted by Gasteiger charge is -2.16. The van der Waals surface area contributed by atoms with Crippen molar-refractivity contribution in [3.05, 3.63) is 107 Å². The fourth-order valence-electron chi connectivity index (χ4n) is 5.04. The van der Waals surface area contributed by atoms with Crippen LogP contribution in [0.3, 0.4) is 0 Å². The molecule has 2 heterocycles. The molecular formula is C30H24F2N2O3. The maximum absolute atomic E-state index is 13.8. The minimum atomic E-state index is -2.91. The summed E-state index contributed by atoms with van der Waals surface area (Å²) < 4.78 is 37.9. The summed E-state index contributed by atoms with van der Waals surface area (Å²) in [6.45, 7) is -1.41. The van der Waals surface area contributed by atoms with Gasteiger partial charge in [-0.1, -0.05) is 48.5 Å². The van der Waals surface area contributed by atoms with Gasteiger partial charge in [-0.3, -0.25) is 9.36 Å². The van der Waals surface area contributed by atoms with Crippen molar-refractivity contribution in [2.75, 3.05) is 6.54 Å². The lowest BCUT2D eigenvalue weighted by Crippen LogP contribution is -2.27. The second-order valence-corrected chi connectivity index (χ2v) is 9.01. The van der Waals surface area contributed by atoms with E-state index in [4.69, 9.17) is 4.74 Å². The topological polar surface area (TPSA) is 52.5 Å². The molecule has 5 aromatic rings. The standard InChI is InChI=1S/C30H24F2N2O3/c31-30(32)37-28-8-4-3-7-22(28)18-36-23-11-12-26-25(16-23)24-13-14-33-17-27(24)34(26)29(35)21-10-9-19-5-1-2-6-20(19)15-21/h1-12,15-16,30,33H,13-14,17-18H2. The molecule has 1 N–H and O–H groups in total. The predicted octanol–water partition coefficient (Wildman–Crippen LogP) is 6.31. The highest BCUT2D eigenvalue weighted by molar-refractivity contribution is 6.06. The van der Waals surface area contributed by atoms with Crippen LogP contribution >= 0.6 is 0 Å². The molecule has 0 saturated carbocycles. The zero-order valence-corrected chi connectivity index (χ0v) is 19.9. The van der Waals surface area contributed by atoms with E-state index in [1.54, 1.807) is 22.8 Å². The van der Waals surface area contributed by atoms with E-state index in [0.717, 1.165) is 45.9 Å². The van der Waals surface area contributed by atoms with E-state index in [9.17, 15) is 13.6 Å². The molecule has 0 saturated heterocycles. The van der Waals surface area contributed by atoms with Crippen LogP contribution in [-0.2, 0) is 19.6 Å². The molecular weight excluding hydrogens is 474 g/mol. The fraction of sp³-hybridized carbons (Fsp3) is 0.167. The third-order valence-corrected chi connectivity index (χ3v) is 6.78. The molecule has 7 heteroatoms. The zero-order chi connectivity index (χ0) is 25.4. The van der Waals surface area contributed by atoms with Gasteiger partial charge in [-0.2, -0.15) is 8.78 Å². The largest absolute Gasteiger partial charge is 0.489 e. The summed E-state index contributed by atoms with van der Waals surface area (Å²) >= 11 is 0. The van der Waals surface area contributed by atoms with E-state index in [2.05, 4.69) is 10.1 Å². The van der Waals surface area contributed by atoms with Crippen molar-refractivity contribution >= 4 is 27.6 Å². The van der Waals surface area contributed by atoms with Gasteiger partial charge in [0.1, 0.15) is 18.1 Å². The molecule has 0 bridgehead atoms. The van der Waals surface area contributed by atoms with Gasteiger partial charge in [-0.05, 0) is 65.7 Å². The van der Waals surface area contributed by atoms with Crippen molar-refractivity contribution in [1.29, 1.82) is 0 Å². The van der Waals surface area contributed by atoms with Gasteiger partial charge in [0.15, 0.2) is 0 Å². The maximum atomic E-state index is 13.8. The minimum Gasteiger partial charge on any atom is -0.489 e. The summed E-state index contributed by atoms with van der Waals surface area (Å²) in [4.78, 5) is 13.8. The van der Waals surface area contributed by atoms with Gasteiger partial charge in [-0.25, -0.2) is 0 Å². The number of hydrogen-bond acceptors (Lipinski definition) is 4. The van der Waals surface area contributed by atoms with Crippen molar-refractivity contribution in [2.45, 2.75) is 26.2 Å². The van der Waals surface area contributed by atoms with Crippen molar-refractivity contribution in [2.24, 2.45) is 0 Å². The van der Waals surface area contributed by atoms with Gasteiger partial charge >= 0.3 is 6.61 Å². The van der Waals surface area contributed by atoms with Gasteiger partial charge in [-0.15, -0.1) is 0 Å². The number of nitrogens with one attached hydrogen (secondary N) is 1. The third kappa shape index (κ3) is 4.42. The summed E-state index contributed by atoms with van der Waals surface area (Å²) in [5, 5.41) is 6.44. The highest BCUT2D eigenvalue weighted by Crippen LogP contribution is 2.33. The lowest BCUT2D eigenvalue weighted by atomic mass is 10.0. The number of carbonyl (C=O) groups is 1. The van der Waals surface area contributed by atoms with Gasteiger partial charge < -0.3 is 14.8 Å². The number of halogens is 2. The Morgan fingerprint density at radius 1 is 0.946 bits per heavy atom. The molecule has 1 aliphatic rings. The van der Waals surface area contributed by atoms with Crippen LogP contribution in [0.2, 0.25) is 0 Å². The Kier molecular flexibility index (Phi) is 6.06. The number of carbonyl (C=O) groups excluding carboxylic acids is 1. The Morgan fingerprint density at radius 2 is 1.76 bits per heavy atom. The first-order valence-electron chi connectivity index (χ1n) is 12.1. The summed E-state index contributed by atoms with van der Waals surface area (Å²) in [6, 6.07) is 26.0. The average molecular weight is 499 g/mol. The molecule has 1 aliphatic heterocycles. The van der Waals surface area contributed by atoms with Crippen LogP contribution in [0.1, 0.15) is 27.2 Å². The van der Waals surface area contributed by atoms with Gasteiger partial charge in [0.2, 0.25) is 0 Å². The Hall–Kier alpha value is -4.23. The lowest BCUT2D eigenvalue weighted by molar-refractivity contribution is -0.0508. The number of fused-ring (bicyclic) bond motifs is 4. The highest BCUT2D eigenvalue weighted by atomic mass is 19.3. The number of rotatable bonds is 6. The fourth-order valence-corrected chi connectivity index (χ4v) is 5.04. The van der Waals surface area contributed by atoms with Crippen LogP contribution in [-0.4, -0.2) is 23.6 Å². The third-order valence-electron chi connectivity index (χ3n) is 6.78. The Morgan fingerprint density at radius 3 is 2.62 bits per heavy atom. The van der Waals surface area contributed by atoms with Gasteiger partial charge in [0.25, 0.3) is 5.91 Å². The van der Waals surface area contributed by atoms with Gasteiger partial charge in [0.05, 0.1) is 5.52 Å². The summed E-state index contributed by atoms with van der Waals surface area (Å²) in [5.41, 5.74) is 4.04. The molecule has 37 heavy (non-hydrogen) atoms. The number of alkyl halides is 2. The van der Waals surface area contributed by atoms with Crippen LogP contribution in [0.15, 0.2) is 84.9 Å². The number of para-hydroxylation sites is 1. The monoisotopic (exact) mass is 498 g/mol. The number of hydrogen-bond donors (Lipinski definition) is 1. The molecule has 6 rings (SSSR count). The molecule has 0 atom stereocenters. The van der Waals surface area contributed by atoms with E-state index in [-0.39, 0.29) is 18.3 Å². The first-order valence-corrected chi connectivity index (χ1v) is 12.1. The van der Waals surface area contributed by atoms with Crippen molar-refractivity contribution in [3.8, 4) is 11.5 Å². The van der Waals surface area contributed by atoms with Crippen LogP contribution in [0.4, 0.5) is 8.78 Å². The first-order chi connectivity index (χ1) is 18.1. The highest BCUT2D eigenvalue weighted by Gasteiger charge is 2.24. The van der Waals surface area contributed by atoms with Crippen LogP contribution in [0.5, 0.6) is 11.5 Å². The van der Waals surface area contributed by atoms with E-state index in [1.807, 2.05) is 60.7 Å². The van der Waals surface area contributed by atoms with E-state index in [0.29, 0.717) is 23.4 Å². The van der Waals surface area contributed by atoms with Crippen molar-refractivity contribution in [1.82, 2.24) is 9.88 Å². The second kappa shape index (κ2) is 9.67. The molecule has 0 unspecified atom stereocenters. The molecule has 0 fully saturated rings.